The first kappa shape index (κ1) is 17.7. The highest BCUT2D eigenvalue weighted by Gasteiger charge is 2.22. The first-order valence-corrected chi connectivity index (χ1v) is 9.29. The number of ether oxygens (including phenoxy) is 1. The zero-order valence-electron chi connectivity index (χ0n) is 14.6. The molecule has 0 saturated heterocycles. The fraction of sp³-hybridized carbons (Fsp3) is 0.176. The van der Waals surface area contributed by atoms with E-state index in [1.165, 1.54) is 6.20 Å². The summed E-state index contributed by atoms with van der Waals surface area (Å²) in [6.07, 6.45) is 1.44. The quantitative estimate of drug-likeness (QED) is 0.613. The molecule has 3 rings (SSSR count). The number of anilines is 3. The van der Waals surface area contributed by atoms with Crippen molar-refractivity contribution in [1.82, 2.24) is 15.2 Å². The summed E-state index contributed by atoms with van der Waals surface area (Å²) >= 11 is 0. The first-order valence-electron chi connectivity index (χ1n) is 7.81. The van der Waals surface area contributed by atoms with Gasteiger partial charge in [0.2, 0.25) is 0 Å². The maximum Gasteiger partial charge on any atom is 0.265 e. The summed E-state index contributed by atoms with van der Waals surface area (Å²) < 4.78 is 32.9. The lowest BCUT2D eigenvalue weighted by atomic mass is 10.3. The van der Waals surface area contributed by atoms with Crippen LogP contribution in [0.25, 0.3) is 0 Å². The predicted octanol–water partition coefficient (Wildman–Crippen LogP) is 2.97. The number of pyridine rings is 1. The van der Waals surface area contributed by atoms with E-state index in [1.54, 1.807) is 33.1 Å². The van der Waals surface area contributed by atoms with Crippen LogP contribution in [0.5, 0.6) is 5.75 Å². The Labute approximate surface area is 151 Å². The first-order chi connectivity index (χ1) is 12.4. The Hall–Kier alpha value is -3.07. The fourth-order valence-corrected chi connectivity index (χ4v) is 3.97. The van der Waals surface area contributed by atoms with Crippen LogP contribution >= 0.6 is 0 Å². The van der Waals surface area contributed by atoms with Crippen molar-refractivity contribution < 1.29 is 13.2 Å². The van der Waals surface area contributed by atoms with E-state index in [4.69, 9.17) is 4.74 Å². The molecule has 0 saturated carbocycles. The second-order valence-corrected chi connectivity index (χ2v) is 7.25. The molecule has 0 aliphatic carbocycles. The van der Waals surface area contributed by atoms with Crippen LogP contribution < -0.4 is 14.8 Å². The second-order valence-electron chi connectivity index (χ2n) is 5.63. The minimum absolute atomic E-state index is 0.147. The third kappa shape index (κ3) is 3.62. The topological polar surface area (TPSA) is 109 Å². The zero-order chi connectivity index (χ0) is 18.7. The summed E-state index contributed by atoms with van der Waals surface area (Å²) in [5.41, 5.74) is 2.02. The maximum absolute atomic E-state index is 12.5. The average Bonchev–Trinajstić information content (AvgIpc) is 2.96. The molecule has 3 N–H and O–H groups in total. The molecule has 8 nitrogen and oxygen atoms in total. The van der Waals surface area contributed by atoms with Crippen molar-refractivity contribution in [2.75, 3.05) is 17.1 Å². The Morgan fingerprint density at radius 2 is 1.88 bits per heavy atom. The molecule has 3 aromatic rings. The van der Waals surface area contributed by atoms with Gasteiger partial charge in [0.05, 0.1) is 36.1 Å². The summed E-state index contributed by atoms with van der Waals surface area (Å²) in [5.74, 6) is 1.25. The van der Waals surface area contributed by atoms with Crippen LogP contribution in [-0.4, -0.2) is 30.7 Å². The molecule has 0 radical (unpaired) electrons. The van der Waals surface area contributed by atoms with Crippen LogP contribution in [0, 0.1) is 13.8 Å². The summed E-state index contributed by atoms with van der Waals surface area (Å²) in [7, 11) is -2.15. The number of H-pyrrole nitrogens is 1. The molecule has 0 aliphatic rings. The third-order valence-electron chi connectivity index (χ3n) is 3.71. The zero-order valence-corrected chi connectivity index (χ0v) is 15.4. The summed E-state index contributed by atoms with van der Waals surface area (Å²) in [5, 5.41) is 9.72. The Bertz CT molecular complexity index is 994. The highest BCUT2D eigenvalue weighted by molar-refractivity contribution is 7.92. The number of para-hydroxylation sites is 2. The lowest BCUT2D eigenvalue weighted by molar-refractivity contribution is 0.417. The number of rotatable bonds is 6. The van der Waals surface area contributed by atoms with Gasteiger partial charge in [-0.1, -0.05) is 12.1 Å². The normalized spacial score (nSPS) is 11.2. The van der Waals surface area contributed by atoms with Gasteiger partial charge in [-0.2, -0.15) is 5.10 Å². The number of aromatic amines is 1. The van der Waals surface area contributed by atoms with Gasteiger partial charge >= 0.3 is 0 Å². The van der Waals surface area contributed by atoms with Gasteiger partial charge in [0, 0.05) is 0 Å². The Kier molecular flexibility index (Phi) is 4.81. The fourth-order valence-electron chi connectivity index (χ4n) is 2.56. The van der Waals surface area contributed by atoms with E-state index < -0.39 is 10.0 Å². The number of benzene rings is 1. The van der Waals surface area contributed by atoms with Gasteiger partial charge in [-0.3, -0.25) is 9.82 Å². The van der Waals surface area contributed by atoms with Crippen LogP contribution in [0.15, 0.2) is 47.5 Å². The van der Waals surface area contributed by atoms with Crippen LogP contribution in [0.2, 0.25) is 0 Å². The number of hydrogen-bond donors (Lipinski definition) is 3. The number of hydrogen-bond acceptors (Lipinski definition) is 6. The van der Waals surface area contributed by atoms with Crippen molar-refractivity contribution in [3.05, 3.63) is 54.0 Å². The van der Waals surface area contributed by atoms with Crippen molar-refractivity contribution in [2.24, 2.45) is 0 Å². The largest absolute Gasteiger partial charge is 0.495 e. The molecule has 0 aliphatic heterocycles. The standard InChI is InChI=1S/C17H19N5O3S/c1-11-17(12(2)21-20-11)26(23,24)22-13-8-9-16(18-10-13)19-14-6-4-5-7-15(14)25-3/h4-10,22H,1-3H3,(H,18,19)(H,20,21). The molecule has 9 heteroatoms. The summed E-state index contributed by atoms with van der Waals surface area (Å²) in [6.45, 7) is 3.30. The molecule has 2 aromatic heterocycles. The van der Waals surface area contributed by atoms with Crippen LogP contribution in [-0.2, 0) is 10.0 Å². The van der Waals surface area contributed by atoms with Gasteiger partial charge in [0.15, 0.2) is 0 Å². The SMILES string of the molecule is COc1ccccc1Nc1ccc(NS(=O)(=O)c2c(C)n[nH]c2C)cn1. The summed E-state index contributed by atoms with van der Waals surface area (Å²) in [4.78, 5) is 4.39. The molecule has 0 unspecified atom stereocenters. The number of nitrogens with one attached hydrogen (secondary N) is 3. The lowest BCUT2D eigenvalue weighted by Gasteiger charge is -2.11. The van der Waals surface area contributed by atoms with Crippen LogP contribution in [0.4, 0.5) is 17.2 Å². The van der Waals surface area contributed by atoms with Crippen LogP contribution in [0.1, 0.15) is 11.4 Å². The van der Waals surface area contributed by atoms with Crippen molar-refractivity contribution in [1.29, 1.82) is 0 Å². The molecule has 0 atom stereocenters. The predicted molar refractivity (Wildman–Crippen MR) is 99.4 cm³/mol. The molecule has 26 heavy (non-hydrogen) atoms. The molecule has 1 aromatic carbocycles. The van der Waals surface area contributed by atoms with E-state index in [1.807, 2.05) is 24.3 Å². The number of methoxy groups -OCH3 is 1. The van der Waals surface area contributed by atoms with Gasteiger partial charge in [0.25, 0.3) is 10.0 Å². The minimum atomic E-state index is -3.74. The number of aryl methyl sites for hydroxylation is 2. The van der Waals surface area contributed by atoms with E-state index in [9.17, 15) is 8.42 Å². The molecule has 0 spiro atoms. The molecule has 136 valence electrons. The average molecular weight is 373 g/mol. The molecular weight excluding hydrogens is 354 g/mol. The van der Waals surface area contributed by atoms with Gasteiger partial charge in [0.1, 0.15) is 16.5 Å². The van der Waals surface area contributed by atoms with Gasteiger partial charge < -0.3 is 10.1 Å². The van der Waals surface area contributed by atoms with E-state index in [0.717, 1.165) is 5.69 Å². The lowest BCUT2D eigenvalue weighted by Crippen LogP contribution is -2.14. The second kappa shape index (κ2) is 7.04. The molecule has 0 bridgehead atoms. The van der Waals surface area contributed by atoms with Crippen molar-refractivity contribution >= 4 is 27.2 Å². The smallest absolute Gasteiger partial charge is 0.265 e. The van der Waals surface area contributed by atoms with E-state index >= 15 is 0 Å². The highest BCUT2D eigenvalue weighted by Crippen LogP contribution is 2.27. The van der Waals surface area contributed by atoms with Crippen LogP contribution in [0.3, 0.4) is 0 Å². The number of aromatic nitrogens is 3. The van der Waals surface area contributed by atoms with Crippen molar-refractivity contribution in [2.45, 2.75) is 18.7 Å². The highest BCUT2D eigenvalue weighted by atomic mass is 32.2. The molecule has 0 fully saturated rings. The Morgan fingerprint density at radius 3 is 2.50 bits per heavy atom. The van der Waals surface area contributed by atoms with Crippen molar-refractivity contribution in [3.8, 4) is 5.75 Å². The Morgan fingerprint density at radius 1 is 1.12 bits per heavy atom. The van der Waals surface area contributed by atoms with E-state index in [-0.39, 0.29) is 4.90 Å². The van der Waals surface area contributed by atoms with E-state index in [2.05, 4.69) is 25.2 Å². The van der Waals surface area contributed by atoms with E-state index in [0.29, 0.717) is 28.6 Å². The van der Waals surface area contributed by atoms with Crippen molar-refractivity contribution in [3.63, 3.8) is 0 Å². The third-order valence-corrected chi connectivity index (χ3v) is 5.36. The monoisotopic (exact) mass is 373 g/mol. The molecule has 0 amide bonds. The number of sulfonamides is 1. The Balaban J connectivity index is 1.78. The van der Waals surface area contributed by atoms with Gasteiger partial charge in [-0.15, -0.1) is 0 Å². The van der Waals surface area contributed by atoms with Gasteiger partial charge in [-0.25, -0.2) is 13.4 Å². The molecular formula is C17H19N5O3S. The summed E-state index contributed by atoms with van der Waals surface area (Å²) in [6, 6.07) is 10.8. The minimum Gasteiger partial charge on any atom is -0.495 e. The molecule has 2 heterocycles. The maximum atomic E-state index is 12.5. The number of nitrogens with zero attached hydrogens (tertiary/aromatic N) is 2. The van der Waals surface area contributed by atoms with Gasteiger partial charge in [-0.05, 0) is 38.1 Å².